The van der Waals surface area contributed by atoms with Gasteiger partial charge in [-0.2, -0.15) is 10.2 Å². The first-order valence-electron chi connectivity index (χ1n) is 6.48. The van der Waals surface area contributed by atoms with Crippen molar-refractivity contribution in [3.63, 3.8) is 0 Å². The summed E-state index contributed by atoms with van der Waals surface area (Å²) in [4.78, 5) is 21.7. The minimum absolute atomic E-state index is 0.193. The van der Waals surface area contributed by atoms with Gasteiger partial charge in [0.05, 0.1) is 22.5 Å². The average Bonchev–Trinajstić information content (AvgIpc) is 2.46. The highest BCUT2D eigenvalue weighted by atomic mass is 16.4. The summed E-state index contributed by atoms with van der Waals surface area (Å²) in [6.07, 6.45) is 0. The van der Waals surface area contributed by atoms with Gasteiger partial charge in [-0.3, -0.25) is 0 Å². The molecule has 22 heavy (non-hydrogen) atoms. The zero-order valence-electron chi connectivity index (χ0n) is 12.1. The first-order valence-corrected chi connectivity index (χ1v) is 6.48. The van der Waals surface area contributed by atoms with Crippen LogP contribution in [-0.4, -0.2) is 22.2 Å². The van der Waals surface area contributed by atoms with Crippen LogP contribution >= 0.6 is 0 Å². The third-order valence-electron chi connectivity index (χ3n) is 3.15. The van der Waals surface area contributed by atoms with E-state index in [1.54, 1.807) is 26.0 Å². The van der Waals surface area contributed by atoms with E-state index in [4.69, 9.17) is 10.2 Å². The van der Waals surface area contributed by atoms with Crippen molar-refractivity contribution in [2.45, 2.75) is 13.8 Å². The van der Waals surface area contributed by atoms with Crippen molar-refractivity contribution in [3.8, 4) is 0 Å². The van der Waals surface area contributed by atoms with E-state index in [-0.39, 0.29) is 11.1 Å². The molecule has 0 amide bonds. The molecule has 0 bridgehead atoms. The van der Waals surface area contributed by atoms with E-state index in [2.05, 4.69) is 10.2 Å². The van der Waals surface area contributed by atoms with Gasteiger partial charge in [0.25, 0.3) is 0 Å². The van der Waals surface area contributed by atoms with Gasteiger partial charge in [-0.15, -0.1) is 0 Å². The molecule has 2 aromatic carbocycles. The highest BCUT2D eigenvalue weighted by Crippen LogP contribution is 2.25. The lowest BCUT2D eigenvalue weighted by Crippen LogP contribution is -1.96. The SMILES string of the molecule is Cc1cc(C(=O)O)ccc1N=Nc1ccc(C(=O)O)cc1C. The van der Waals surface area contributed by atoms with Gasteiger partial charge in [0, 0.05) is 0 Å². The molecule has 0 unspecified atom stereocenters. The van der Waals surface area contributed by atoms with E-state index < -0.39 is 11.9 Å². The molecular formula is C16H14N2O4. The van der Waals surface area contributed by atoms with Crippen LogP contribution in [0.1, 0.15) is 31.8 Å². The smallest absolute Gasteiger partial charge is 0.335 e. The molecule has 0 saturated carbocycles. The van der Waals surface area contributed by atoms with E-state index >= 15 is 0 Å². The van der Waals surface area contributed by atoms with Crippen LogP contribution in [0, 0.1) is 13.8 Å². The molecular weight excluding hydrogens is 284 g/mol. The lowest BCUT2D eigenvalue weighted by molar-refractivity contribution is 0.0686. The first-order chi connectivity index (χ1) is 10.4. The molecule has 2 N–H and O–H groups in total. The molecule has 0 radical (unpaired) electrons. The van der Waals surface area contributed by atoms with Crippen LogP contribution in [0.5, 0.6) is 0 Å². The van der Waals surface area contributed by atoms with E-state index in [0.717, 1.165) is 0 Å². The number of hydrogen-bond donors (Lipinski definition) is 2. The number of azo groups is 1. The normalized spacial score (nSPS) is 10.8. The Kier molecular flexibility index (Phi) is 4.31. The van der Waals surface area contributed by atoms with Crippen molar-refractivity contribution in [2.24, 2.45) is 10.2 Å². The molecule has 0 aliphatic heterocycles. The van der Waals surface area contributed by atoms with E-state index in [0.29, 0.717) is 22.5 Å². The van der Waals surface area contributed by atoms with Crippen molar-refractivity contribution in [1.29, 1.82) is 0 Å². The number of hydrogen-bond acceptors (Lipinski definition) is 4. The van der Waals surface area contributed by atoms with E-state index in [1.807, 2.05) is 0 Å². The van der Waals surface area contributed by atoms with Gasteiger partial charge >= 0.3 is 11.9 Å². The van der Waals surface area contributed by atoms with Crippen molar-refractivity contribution in [2.75, 3.05) is 0 Å². The molecule has 0 heterocycles. The lowest BCUT2D eigenvalue weighted by atomic mass is 10.1. The Labute approximate surface area is 126 Å². The molecule has 2 aromatic rings. The number of carbonyl (C=O) groups is 2. The van der Waals surface area contributed by atoms with Gasteiger partial charge < -0.3 is 10.2 Å². The van der Waals surface area contributed by atoms with Crippen molar-refractivity contribution < 1.29 is 19.8 Å². The summed E-state index contributed by atoms with van der Waals surface area (Å²) >= 11 is 0. The predicted octanol–water partition coefficient (Wildman–Crippen LogP) is 4.12. The standard InChI is InChI=1S/C16H14N2O4/c1-9-7-11(15(19)20)3-5-13(9)17-18-14-6-4-12(16(21)22)8-10(14)2/h3-8H,1-2H3,(H,19,20)(H,21,22). The number of carboxylic acids is 2. The predicted molar refractivity (Wildman–Crippen MR) is 80.5 cm³/mol. The van der Waals surface area contributed by atoms with Crippen LogP contribution in [0.15, 0.2) is 46.6 Å². The van der Waals surface area contributed by atoms with Crippen molar-refractivity contribution in [3.05, 3.63) is 58.7 Å². The van der Waals surface area contributed by atoms with Crippen molar-refractivity contribution in [1.82, 2.24) is 0 Å². The average molecular weight is 298 g/mol. The van der Waals surface area contributed by atoms with Gasteiger partial charge in [0.1, 0.15) is 0 Å². The second kappa shape index (κ2) is 6.17. The Morgan fingerprint density at radius 2 is 1.14 bits per heavy atom. The Hall–Kier alpha value is -3.02. The number of nitrogens with zero attached hydrogens (tertiary/aromatic N) is 2. The second-order valence-electron chi connectivity index (χ2n) is 4.81. The Morgan fingerprint density at radius 3 is 1.41 bits per heavy atom. The van der Waals surface area contributed by atoms with Crippen molar-refractivity contribution >= 4 is 23.3 Å². The van der Waals surface area contributed by atoms with Gasteiger partial charge in [-0.05, 0) is 61.4 Å². The molecule has 2 rings (SSSR count). The summed E-state index contributed by atoms with van der Waals surface area (Å²) in [6, 6.07) is 9.15. The van der Waals surface area contributed by atoms with Crippen LogP contribution < -0.4 is 0 Å². The highest BCUT2D eigenvalue weighted by Gasteiger charge is 2.07. The maximum atomic E-state index is 10.9. The molecule has 0 fully saturated rings. The van der Waals surface area contributed by atoms with Gasteiger partial charge in [-0.25, -0.2) is 9.59 Å². The van der Waals surface area contributed by atoms with Crippen LogP contribution in [0.2, 0.25) is 0 Å². The zero-order valence-corrected chi connectivity index (χ0v) is 12.1. The monoisotopic (exact) mass is 298 g/mol. The fraction of sp³-hybridized carbons (Fsp3) is 0.125. The van der Waals surface area contributed by atoms with Gasteiger partial charge in [0.2, 0.25) is 0 Å². The zero-order chi connectivity index (χ0) is 16.3. The Morgan fingerprint density at radius 1 is 0.773 bits per heavy atom. The summed E-state index contributed by atoms with van der Waals surface area (Å²) in [7, 11) is 0. The fourth-order valence-electron chi connectivity index (χ4n) is 1.91. The molecule has 0 saturated heterocycles. The quantitative estimate of drug-likeness (QED) is 0.829. The third-order valence-corrected chi connectivity index (χ3v) is 3.15. The van der Waals surface area contributed by atoms with Gasteiger partial charge in [0.15, 0.2) is 0 Å². The number of rotatable bonds is 4. The highest BCUT2D eigenvalue weighted by molar-refractivity contribution is 5.89. The van der Waals surface area contributed by atoms with Gasteiger partial charge in [-0.1, -0.05) is 0 Å². The largest absolute Gasteiger partial charge is 0.478 e. The summed E-state index contributed by atoms with van der Waals surface area (Å²) in [5.41, 5.74) is 2.90. The van der Waals surface area contributed by atoms with E-state index in [9.17, 15) is 9.59 Å². The summed E-state index contributed by atoms with van der Waals surface area (Å²) in [5, 5.41) is 26.0. The van der Waals surface area contributed by atoms with E-state index in [1.165, 1.54) is 24.3 Å². The minimum atomic E-state index is -0.994. The molecule has 0 aliphatic rings. The maximum absolute atomic E-state index is 10.9. The third kappa shape index (κ3) is 3.35. The van der Waals surface area contributed by atoms with Crippen LogP contribution in [0.4, 0.5) is 11.4 Å². The molecule has 112 valence electrons. The fourth-order valence-corrected chi connectivity index (χ4v) is 1.91. The molecule has 6 heteroatoms. The van der Waals surface area contributed by atoms with Crippen LogP contribution in [0.3, 0.4) is 0 Å². The molecule has 0 aliphatic carbocycles. The topological polar surface area (TPSA) is 99.3 Å². The summed E-state index contributed by atoms with van der Waals surface area (Å²) in [5.74, 6) is -1.99. The number of aryl methyl sites for hydroxylation is 2. The second-order valence-corrected chi connectivity index (χ2v) is 4.81. The minimum Gasteiger partial charge on any atom is -0.478 e. The Balaban J connectivity index is 2.29. The first kappa shape index (κ1) is 15.4. The maximum Gasteiger partial charge on any atom is 0.335 e. The van der Waals surface area contributed by atoms with Crippen LogP contribution in [-0.2, 0) is 0 Å². The van der Waals surface area contributed by atoms with Crippen LogP contribution in [0.25, 0.3) is 0 Å². The Bertz CT molecular complexity index is 716. The summed E-state index contributed by atoms with van der Waals surface area (Å²) in [6.45, 7) is 3.50. The number of carboxylic acid groups (broad SMARTS) is 2. The molecule has 0 atom stereocenters. The lowest BCUT2D eigenvalue weighted by Gasteiger charge is -2.03. The summed E-state index contributed by atoms with van der Waals surface area (Å²) < 4.78 is 0. The number of benzene rings is 2. The molecule has 0 spiro atoms. The molecule has 0 aromatic heterocycles. The molecule has 6 nitrogen and oxygen atoms in total. The number of aromatic carboxylic acids is 2.